The van der Waals surface area contributed by atoms with Crippen molar-refractivity contribution in [3.8, 4) is 0 Å². The Balaban J connectivity index is 0. The van der Waals surface area contributed by atoms with E-state index < -0.39 is 11.9 Å². The van der Waals surface area contributed by atoms with E-state index in [1.165, 1.54) is 70.8 Å². The Morgan fingerprint density at radius 3 is 1.31 bits per heavy atom. The number of carbonyl (C=O) groups is 10. The van der Waals surface area contributed by atoms with E-state index in [0.717, 1.165) is 33.2 Å². The zero-order valence-electron chi connectivity index (χ0n) is 77.8. The molecule has 0 amide bonds. The number of aryl methyl sites for hydroxylation is 1. The van der Waals surface area contributed by atoms with Gasteiger partial charge in [-0.1, -0.05) is 165 Å². The van der Waals surface area contributed by atoms with E-state index in [1.54, 1.807) is 99.1 Å². The molecule has 1 saturated heterocycles. The van der Waals surface area contributed by atoms with Gasteiger partial charge >= 0.3 is 11.9 Å². The summed E-state index contributed by atoms with van der Waals surface area (Å²) in [6.07, 6.45) is 9.05. The number of hydrogen-bond donors (Lipinski definition) is 2. The largest absolute Gasteiger partial charge is 0.478 e. The number of carboxylic acid groups (broad SMARTS) is 2. The summed E-state index contributed by atoms with van der Waals surface area (Å²) in [6.45, 7) is 71.2. The normalized spacial score (nSPS) is 13.2. The standard InChI is InChI=1S/C11H17NO.C10H18O2.C10H14O2.3C10H14OS.C9H14N2O2.C9H14N2O.C8H12N2O2.C5H4N2O2.2CH4/c1-8(13)9-6-7-10(12(9)5)11(2,3)4;2*1-7(11)8-5-9(12-6-8)10(2,3)4;1-7(11)9-5-8(6-12-9)10(2,3)4;1-7(11)8-5-9(12-6-8)10(2,3)4;1-7(11)8-5-6-9(12-8)10(2,3)4;1-6-7(8(12)13)5-11(10-6)9(2,3)4;1-7(12)8-5-10-11(6-8)9(2,3)4;1-5(11)6-9-7(12-10-6)8(2,3)4;8-5(9)4-2-1-3-6-7-4;;/h6-7H,1-5H3;8-9H,5-6H2,1-4H3;4*5-6H,1-4H3;5H,1-4H3,(H,12,13);5-6H,1-4H3;1-4H3;1-3H,(H,8,9);2*1H4. The first kappa shape index (κ1) is 114. The minimum Gasteiger partial charge on any atom is -0.478 e. The Labute approximate surface area is 733 Å². The molecule has 0 aliphatic carbocycles. The summed E-state index contributed by atoms with van der Waals surface area (Å²) in [6, 6.07) is 16.6. The number of hydrogen-bond acceptors (Lipinski definition) is 22. The van der Waals surface area contributed by atoms with Crippen molar-refractivity contribution >= 4 is 92.2 Å². The van der Waals surface area contributed by atoms with Crippen LogP contribution in [0.2, 0.25) is 0 Å². The topological polar surface area (TPSA) is 339 Å². The molecule has 0 bridgehead atoms. The smallest absolute Gasteiger partial charge is 0.356 e. The highest BCUT2D eigenvalue weighted by molar-refractivity contribution is 7.14. The van der Waals surface area contributed by atoms with Crippen molar-refractivity contribution < 1.29 is 71.8 Å². The van der Waals surface area contributed by atoms with E-state index in [9.17, 15) is 47.9 Å². The van der Waals surface area contributed by atoms with Crippen LogP contribution in [0.1, 0.15) is 394 Å². The lowest BCUT2D eigenvalue weighted by molar-refractivity contribution is -0.120. The molecule has 0 saturated carbocycles. The molecule has 10 heterocycles. The average molecular weight is 1740 g/mol. The summed E-state index contributed by atoms with van der Waals surface area (Å²) in [5, 5.41) is 39.6. The van der Waals surface area contributed by atoms with Crippen LogP contribution in [0.3, 0.4) is 0 Å². The molecule has 0 spiro atoms. The van der Waals surface area contributed by atoms with Gasteiger partial charge in [0.25, 0.3) is 0 Å². The molecule has 9 aromatic heterocycles. The number of nitrogens with zero attached hydrogens (tertiary/aromatic N) is 9. The summed E-state index contributed by atoms with van der Waals surface area (Å²) in [5.74, 6) is 0.479. The predicted octanol–water partition coefficient (Wildman–Crippen LogP) is 23.6. The van der Waals surface area contributed by atoms with Gasteiger partial charge in [-0.25, -0.2) is 9.59 Å². The van der Waals surface area contributed by atoms with Gasteiger partial charge in [-0.2, -0.15) is 20.3 Å². The molecule has 27 heteroatoms. The van der Waals surface area contributed by atoms with E-state index in [-0.39, 0.29) is 139 Å². The Morgan fingerprint density at radius 1 is 0.521 bits per heavy atom. The first-order valence-corrected chi connectivity index (χ1v) is 41.8. The summed E-state index contributed by atoms with van der Waals surface area (Å²) >= 11 is 4.80. The molecule has 121 heavy (non-hydrogen) atoms. The number of aromatic carboxylic acids is 2. The van der Waals surface area contributed by atoms with Gasteiger partial charge in [-0.05, 0) is 184 Å². The monoisotopic (exact) mass is 1730 g/mol. The lowest BCUT2D eigenvalue weighted by Gasteiger charge is -2.25. The van der Waals surface area contributed by atoms with Crippen molar-refractivity contribution in [1.29, 1.82) is 0 Å². The molecular formula is C94H143N9O15S3. The van der Waals surface area contributed by atoms with Gasteiger partial charge < -0.3 is 28.5 Å². The summed E-state index contributed by atoms with van der Waals surface area (Å²) in [5.41, 5.74) is 6.51. The predicted molar refractivity (Wildman–Crippen MR) is 490 cm³/mol. The maximum atomic E-state index is 11.2. The number of carbonyl (C=O) groups excluding carboxylic acids is 8. The second-order valence-corrected chi connectivity index (χ2v) is 41.2. The second kappa shape index (κ2) is 47.3. The molecule has 9 aromatic rings. The fourth-order valence-electron chi connectivity index (χ4n) is 9.78. The van der Waals surface area contributed by atoms with Crippen LogP contribution >= 0.6 is 34.0 Å². The molecule has 2 N–H and O–H groups in total. The highest BCUT2D eigenvalue weighted by Crippen LogP contribution is 2.35. The molecule has 0 aromatic carbocycles. The molecule has 10 rings (SSSR count). The van der Waals surface area contributed by atoms with Gasteiger partial charge in [0, 0.05) is 88.0 Å². The summed E-state index contributed by atoms with van der Waals surface area (Å²) in [7, 11) is 1.94. The van der Waals surface area contributed by atoms with Crippen LogP contribution in [0, 0.1) is 18.3 Å². The third-order valence-electron chi connectivity index (χ3n) is 17.5. The molecule has 24 nitrogen and oxygen atoms in total. The maximum absolute atomic E-state index is 11.2. The summed E-state index contributed by atoms with van der Waals surface area (Å²) in [4.78, 5) is 117. The van der Waals surface area contributed by atoms with Crippen LogP contribution in [-0.4, -0.2) is 126 Å². The zero-order valence-corrected chi connectivity index (χ0v) is 80.2. The quantitative estimate of drug-likeness (QED) is 0.120. The highest BCUT2D eigenvalue weighted by atomic mass is 32.1. The van der Waals surface area contributed by atoms with E-state index in [0.29, 0.717) is 29.3 Å². The van der Waals surface area contributed by atoms with Gasteiger partial charge in [0.1, 0.15) is 23.4 Å². The number of rotatable bonds is 10. The number of aromatic nitrogens is 9. The van der Waals surface area contributed by atoms with Crippen molar-refractivity contribution in [2.45, 2.75) is 320 Å². The SMILES string of the molecule is C.C.CC(=O)C1COC(C(C)(C)C)C1.CC(=O)c1cc(C(C)(C)C)cs1.CC(=O)c1ccc(C(C)(C)C)n1C.CC(=O)c1ccc(C(C)(C)C)s1.CC(=O)c1cnn(C(C)(C)C)c1.CC(=O)c1coc(C(C)(C)C)c1.CC(=O)c1csc(C(C)(C)C)c1.CC(=O)c1noc(C(C)(C)C)n1.Cc1nn(C(C)(C)C)cc1C(=O)O.O=C(O)c1cccnn1. The molecule has 0 radical (unpaired) electrons. The molecule has 1 aliphatic heterocycles. The van der Waals surface area contributed by atoms with Crippen LogP contribution in [0.15, 0.2) is 105 Å². The van der Waals surface area contributed by atoms with Crippen molar-refractivity contribution in [1.82, 2.24) is 44.5 Å². The van der Waals surface area contributed by atoms with Crippen molar-refractivity contribution in [3.05, 3.63) is 184 Å². The first-order valence-electron chi connectivity index (χ1n) is 39.3. The third kappa shape index (κ3) is 40.0. The van der Waals surface area contributed by atoms with Crippen LogP contribution < -0.4 is 0 Å². The van der Waals surface area contributed by atoms with Crippen LogP contribution in [0.5, 0.6) is 0 Å². The Morgan fingerprint density at radius 2 is 1.06 bits per heavy atom. The van der Waals surface area contributed by atoms with Crippen LogP contribution in [0.4, 0.5) is 0 Å². The fraction of sp³-hybridized carbons (Fsp3) is 0.553. The minimum absolute atomic E-state index is 0. The molecular weight excluding hydrogens is 1590 g/mol. The van der Waals surface area contributed by atoms with Crippen LogP contribution in [0.25, 0.3) is 0 Å². The maximum Gasteiger partial charge on any atom is 0.356 e. The number of thiophene rings is 3. The number of furan rings is 1. The first-order chi connectivity index (χ1) is 53.8. The van der Waals surface area contributed by atoms with E-state index in [2.05, 4.69) is 161 Å². The van der Waals surface area contributed by atoms with Gasteiger partial charge in [0.05, 0.1) is 62.3 Å². The lowest BCUT2D eigenvalue weighted by atomic mass is 9.85. The Kier molecular flexibility index (Phi) is 44.4. The second-order valence-electron chi connectivity index (χ2n) is 38.3. The van der Waals surface area contributed by atoms with Gasteiger partial charge in [0.15, 0.2) is 40.4 Å². The van der Waals surface area contributed by atoms with Crippen molar-refractivity contribution in [3.63, 3.8) is 0 Å². The fourth-order valence-corrected chi connectivity index (χ4v) is 12.8. The van der Waals surface area contributed by atoms with E-state index in [1.807, 2.05) is 122 Å². The Hall–Kier alpha value is -9.44. The number of carboxylic acids is 2. The van der Waals surface area contributed by atoms with Crippen molar-refractivity contribution in [2.24, 2.45) is 18.4 Å². The molecule has 1 fully saturated rings. The molecule has 1 aliphatic rings. The minimum atomic E-state index is -1.05. The molecule has 2 unspecified atom stereocenters. The third-order valence-corrected chi connectivity index (χ3v) is 21.4. The van der Waals surface area contributed by atoms with E-state index in [4.69, 9.17) is 23.9 Å². The average Bonchev–Trinajstić information content (AvgIpc) is 1.67. The number of ketones is 8. The van der Waals surface area contributed by atoms with Crippen molar-refractivity contribution in [2.75, 3.05) is 6.61 Å². The van der Waals surface area contributed by atoms with Gasteiger partial charge in [-0.3, -0.25) is 47.7 Å². The molecule has 672 valence electrons. The lowest BCUT2D eigenvalue weighted by Crippen LogP contribution is -2.25. The highest BCUT2D eigenvalue weighted by Gasteiger charge is 2.36. The van der Waals surface area contributed by atoms with Gasteiger partial charge in [0.2, 0.25) is 17.5 Å². The Bertz CT molecular complexity index is 4320. The number of Topliss-reactive ketones (excluding diaryl/α,β-unsaturated/α-hetero) is 8. The van der Waals surface area contributed by atoms with Crippen LogP contribution in [-0.2, 0) is 60.1 Å². The van der Waals surface area contributed by atoms with Gasteiger partial charge in [-0.15, -0.1) is 39.1 Å². The molecule has 2 atom stereocenters. The zero-order chi connectivity index (χ0) is 92.6. The number of ether oxygens (including phenoxy) is 1. The van der Waals surface area contributed by atoms with E-state index >= 15 is 0 Å². The summed E-state index contributed by atoms with van der Waals surface area (Å²) < 4.78 is 21.2.